The lowest BCUT2D eigenvalue weighted by molar-refractivity contribution is -0.134. The number of piperazine rings is 1. The van der Waals surface area contributed by atoms with E-state index in [-0.39, 0.29) is 0 Å². The highest BCUT2D eigenvalue weighted by Gasteiger charge is 2.23. The van der Waals surface area contributed by atoms with E-state index in [0.717, 1.165) is 45.7 Å². The van der Waals surface area contributed by atoms with Gasteiger partial charge in [0.25, 0.3) is 0 Å². The van der Waals surface area contributed by atoms with Crippen molar-refractivity contribution in [1.82, 2.24) is 15.1 Å². The van der Waals surface area contributed by atoms with Gasteiger partial charge in [-0.15, -0.1) is 0 Å². The second-order valence-corrected chi connectivity index (χ2v) is 5.64. The predicted molar refractivity (Wildman–Crippen MR) is 73.5 cm³/mol. The van der Waals surface area contributed by atoms with E-state index in [1.807, 2.05) is 0 Å². The summed E-state index contributed by atoms with van der Waals surface area (Å²) in [6, 6.07) is 0. The van der Waals surface area contributed by atoms with Crippen LogP contribution in [0.4, 0.5) is 0 Å². The SMILES string of the molecule is CCCN1CCN(C(=O)CC2CCCNC2)CC1. The summed E-state index contributed by atoms with van der Waals surface area (Å²) in [7, 11) is 0. The summed E-state index contributed by atoms with van der Waals surface area (Å²) < 4.78 is 0. The second-order valence-electron chi connectivity index (χ2n) is 5.64. The van der Waals surface area contributed by atoms with Crippen molar-refractivity contribution in [2.24, 2.45) is 5.92 Å². The minimum Gasteiger partial charge on any atom is -0.340 e. The van der Waals surface area contributed by atoms with Crippen LogP contribution in [0.5, 0.6) is 0 Å². The van der Waals surface area contributed by atoms with Crippen molar-refractivity contribution in [1.29, 1.82) is 0 Å². The number of amides is 1. The van der Waals surface area contributed by atoms with E-state index in [1.54, 1.807) is 0 Å². The Morgan fingerprint density at radius 2 is 2.06 bits per heavy atom. The molecule has 0 radical (unpaired) electrons. The van der Waals surface area contributed by atoms with Crippen LogP contribution >= 0.6 is 0 Å². The summed E-state index contributed by atoms with van der Waals surface area (Å²) in [6.45, 7) is 9.52. The zero-order valence-electron chi connectivity index (χ0n) is 11.7. The van der Waals surface area contributed by atoms with Crippen LogP contribution in [-0.2, 0) is 4.79 Å². The summed E-state index contributed by atoms with van der Waals surface area (Å²) in [6.07, 6.45) is 4.40. The fourth-order valence-electron chi connectivity index (χ4n) is 3.01. The highest BCUT2D eigenvalue weighted by Crippen LogP contribution is 2.16. The molecule has 2 saturated heterocycles. The minimum atomic E-state index is 0.375. The Bertz CT molecular complexity index is 256. The van der Waals surface area contributed by atoms with Gasteiger partial charge >= 0.3 is 0 Å². The number of piperidine rings is 1. The molecular weight excluding hydrogens is 226 g/mol. The number of hydrogen-bond acceptors (Lipinski definition) is 3. The van der Waals surface area contributed by atoms with E-state index in [0.29, 0.717) is 11.8 Å². The van der Waals surface area contributed by atoms with E-state index in [9.17, 15) is 4.79 Å². The highest BCUT2D eigenvalue weighted by molar-refractivity contribution is 5.76. The lowest BCUT2D eigenvalue weighted by atomic mass is 9.95. The van der Waals surface area contributed by atoms with E-state index in [1.165, 1.54) is 25.8 Å². The van der Waals surface area contributed by atoms with Gasteiger partial charge in [-0.25, -0.2) is 0 Å². The maximum atomic E-state index is 12.2. The van der Waals surface area contributed by atoms with Gasteiger partial charge in [-0.05, 0) is 44.8 Å². The topological polar surface area (TPSA) is 35.6 Å². The fraction of sp³-hybridized carbons (Fsp3) is 0.929. The summed E-state index contributed by atoms with van der Waals surface area (Å²) in [4.78, 5) is 16.7. The van der Waals surface area contributed by atoms with Gasteiger partial charge in [-0.3, -0.25) is 9.69 Å². The zero-order valence-corrected chi connectivity index (χ0v) is 11.7. The van der Waals surface area contributed by atoms with Crippen LogP contribution in [0.25, 0.3) is 0 Å². The molecule has 0 saturated carbocycles. The third-order valence-corrected chi connectivity index (χ3v) is 4.13. The van der Waals surface area contributed by atoms with Gasteiger partial charge in [-0.2, -0.15) is 0 Å². The number of hydrogen-bond donors (Lipinski definition) is 1. The summed E-state index contributed by atoms with van der Waals surface area (Å²) in [5.41, 5.74) is 0. The maximum Gasteiger partial charge on any atom is 0.222 e. The molecule has 4 heteroatoms. The quantitative estimate of drug-likeness (QED) is 0.809. The highest BCUT2D eigenvalue weighted by atomic mass is 16.2. The van der Waals surface area contributed by atoms with Crippen LogP contribution in [-0.4, -0.2) is 61.5 Å². The molecule has 4 nitrogen and oxygen atoms in total. The van der Waals surface area contributed by atoms with Crippen molar-refractivity contribution in [2.45, 2.75) is 32.6 Å². The first-order chi connectivity index (χ1) is 8.79. The molecule has 0 aromatic carbocycles. The Balaban J connectivity index is 1.70. The van der Waals surface area contributed by atoms with Gasteiger partial charge in [0.05, 0.1) is 0 Å². The smallest absolute Gasteiger partial charge is 0.222 e. The molecule has 0 spiro atoms. The maximum absolute atomic E-state index is 12.2. The third kappa shape index (κ3) is 3.95. The van der Waals surface area contributed by atoms with Gasteiger partial charge in [0.15, 0.2) is 0 Å². The van der Waals surface area contributed by atoms with E-state index in [4.69, 9.17) is 0 Å². The van der Waals surface area contributed by atoms with E-state index >= 15 is 0 Å². The van der Waals surface area contributed by atoms with Crippen LogP contribution in [0.15, 0.2) is 0 Å². The van der Waals surface area contributed by atoms with Crippen molar-refractivity contribution in [3.8, 4) is 0 Å². The average Bonchev–Trinajstić information content (AvgIpc) is 2.41. The van der Waals surface area contributed by atoms with E-state index < -0.39 is 0 Å². The van der Waals surface area contributed by atoms with Gasteiger partial charge in [0, 0.05) is 32.6 Å². The molecule has 1 unspecified atom stereocenters. The number of nitrogens with one attached hydrogen (secondary N) is 1. The molecule has 2 rings (SSSR count). The number of rotatable bonds is 4. The molecule has 2 aliphatic heterocycles. The van der Waals surface area contributed by atoms with Gasteiger partial charge < -0.3 is 10.2 Å². The molecule has 0 aromatic heterocycles. The lowest BCUT2D eigenvalue weighted by Crippen LogP contribution is -2.49. The molecule has 104 valence electrons. The summed E-state index contributed by atoms with van der Waals surface area (Å²) in [5.74, 6) is 0.944. The Morgan fingerprint density at radius 1 is 1.28 bits per heavy atom. The molecular formula is C14H27N3O. The number of nitrogens with zero attached hydrogens (tertiary/aromatic N) is 2. The predicted octanol–water partition coefficient (Wildman–Crippen LogP) is 0.930. The van der Waals surface area contributed by atoms with Gasteiger partial charge in [0.1, 0.15) is 0 Å². The molecule has 1 N–H and O–H groups in total. The second kappa shape index (κ2) is 7.10. The molecule has 0 aliphatic carbocycles. The third-order valence-electron chi connectivity index (χ3n) is 4.13. The summed E-state index contributed by atoms with van der Waals surface area (Å²) >= 11 is 0. The Morgan fingerprint density at radius 3 is 2.67 bits per heavy atom. The Hall–Kier alpha value is -0.610. The molecule has 0 bridgehead atoms. The van der Waals surface area contributed by atoms with Gasteiger partial charge in [0.2, 0.25) is 5.91 Å². The van der Waals surface area contributed by atoms with Crippen molar-refractivity contribution in [3.63, 3.8) is 0 Å². The number of carbonyl (C=O) groups is 1. The fourth-order valence-corrected chi connectivity index (χ4v) is 3.01. The minimum absolute atomic E-state index is 0.375. The van der Waals surface area contributed by atoms with E-state index in [2.05, 4.69) is 22.0 Å². The standard InChI is InChI=1S/C14H27N3O/c1-2-6-16-7-9-17(10-8-16)14(18)11-13-4-3-5-15-12-13/h13,15H,2-12H2,1H3. The monoisotopic (exact) mass is 253 g/mol. The van der Waals surface area contributed by atoms with Crippen molar-refractivity contribution < 1.29 is 4.79 Å². The molecule has 2 fully saturated rings. The Labute approximate surface area is 111 Å². The number of carbonyl (C=O) groups excluding carboxylic acids is 1. The summed E-state index contributed by atoms with van der Waals surface area (Å²) in [5, 5.41) is 3.39. The van der Waals surface area contributed by atoms with Crippen molar-refractivity contribution in [3.05, 3.63) is 0 Å². The zero-order chi connectivity index (χ0) is 12.8. The molecule has 1 amide bonds. The lowest BCUT2D eigenvalue weighted by Gasteiger charge is -2.35. The van der Waals surface area contributed by atoms with Crippen molar-refractivity contribution >= 4 is 5.91 Å². The van der Waals surface area contributed by atoms with Crippen LogP contribution in [0.1, 0.15) is 32.6 Å². The molecule has 2 aliphatic rings. The first kappa shape index (κ1) is 13.8. The normalized spacial score (nSPS) is 26.3. The van der Waals surface area contributed by atoms with Crippen LogP contribution in [0, 0.1) is 5.92 Å². The molecule has 1 atom stereocenters. The molecule has 0 aromatic rings. The largest absolute Gasteiger partial charge is 0.340 e. The van der Waals surface area contributed by atoms with Crippen LogP contribution < -0.4 is 5.32 Å². The molecule has 2 heterocycles. The molecule has 18 heavy (non-hydrogen) atoms. The Kier molecular flexibility index (Phi) is 5.45. The average molecular weight is 253 g/mol. The first-order valence-electron chi connectivity index (χ1n) is 7.50. The van der Waals surface area contributed by atoms with Gasteiger partial charge in [-0.1, -0.05) is 6.92 Å². The van der Waals surface area contributed by atoms with Crippen LogP contribution in [0.2, 0.25) is 0 Å². The first-order valence-corrected chi connectivity index (χ1v) is 7.50. The van der Waals surface area contributed by atoms with Crippen LogP contribution in [0.3, 0.4) is 0 Å². The van der Waals surface area contributed by atoms with Crippen molar-refractivity contribution in [2.75, 3.05) is 45.8 Å².